The molecule has 0 saturated carbocycles. The largest absolute Gasteiger partial charge is 0.352 e. The van der Waals surface area contributed by atoms with Gasteiger partial charge in [0, 0.05) is 16.9 Å². The van der Waals surface area contributed by atoms with E-state index < -0.39 is 0 Å². The van der Waals surface area contributed by atoms with Crippen LogP contribution in [0.4, 0.5) is 0 Å². The Morgan fingerprint density at radius 1 is 1.32 bits per heavy atom. The standard InChI is InChI=1S/C16H23NOS/c1-13(2)15(18)17-11-8-12-19-16(3,4)14-9-6-5-7-10-14/h5-7,9-10H,1,8,11-12H2,2-4H3,(H,17,18). The van der Waals surface area contributed by atoms with E-state index in [1.807, 2.05) is 17.8 Å². The van der Waals surface area contributed by atoms with Crippen molar-refractivity contribution in [1.29, 1.82) is 0 Å². The molecule has 0 unspecified atom stereocenters. The van der Waals surface area contributed by atoms with Gasteiger partial charge in [-0.05, 0) is 38.5 Å². The molecule has 0 saturated heterocycles. The minimum Gasteiger partial charge on any atom is -0.352 e. The fourth-order valence-corrected chi connectivity index (χ4v) is 2.78. The number of amides is 1. The Morgan fingerprint density at radius 2 is 1.95 bits per heavy atom. The summed E-state index contributed by atoms with van der Waals surface area (Å²) in [5, 5.41) is 2.86. The van der Waals surface area contributed by atoms with Crippen molar-refractivity contribution in [3.63, 3.8) is 0 Å². The predicted molar refractivity (Wildman–Crippen MR) is 84.4 cm³/mol. The number of nitrogens with one attached hydrogen (secondary N) is 1. The molecule has 0 aliphatic carbocycles. The van der Waals surface area contributed by atoms with Crippen LogP contribution < -0.4 is 5.32 Å². The van der Waals surface area contributed by atoms with Crippen LogP contribution in [0.5, 0.6) is 0 Å². The number of hydrogen-bond acceptors (Lipinski definition) is 2. The zero-order valence-electron chi connectivity index (χ0n) is 12.0. The van der Waals surface area contributed by atoms with Gasteiger partial charge < -0.3 is 5.32 Å². The SMILES string of the molecule is C=C(C)C(=O)NCCCSC(C)(C)c1ccccc1. The second-order valence-electron chi connectivity index (χ2n) is 5.11. The molecule has 0 fully saturated rings. The highest BCUT2D eigenvalue weighted by Crippen LogP contribution is 2.35. The normalized spacial score (nSPS) is 11.1. The monoisotopic (exact) mass is 277 g/mol. The molecule has 0 atom stereocenters. The van der Waals surface area contributed by atoms with Crippen molar-refractivity contribution in [2.24, 2.45) is 0 Å². The second-order valence-corrected chi connectivity index (χ2v) is 6.83. The molecule has 1 N–H and O–H groups in total. The van der Waals surface area contributed by atoms with Crippen LogP contribution in [0.15, 0.2) is 42.5 Å². The number of carbonyl (C=O) groups excluding carboxylic acids is 1. The van der Waals surface area contributed by atoms with E-state index in [4.69, 9.17) is 0 Å². The molecule has 1 rings (SSSR count). The lowest BCUT2D eigenvalue weighted by Crippen LogP contribution is -2.25. The number of hydrogen-bond donors (Lipinski definition) is 1. The van der Waals surface area contributed by atoms with Crippen LogP contribution in [0.1, 0.15) is 32.8 Å². The molecule has 0 aliphatic rings. The third-order valence-electron chi connectivity index (χ3n) is 2.93. The molecular formula is C16H23NOS. The summed E-state index contributed by atoms with van der Waals surface area (Å²) in [6.07, 6.45) is 0.972. The first-order valence-corrected chi connectivity index (χ1v) is 7.55. The van der Waals surface area contributed by atoms with Gasteiger partial charge in [-0.2, -0.15) is 11.8 Å². The van der Waals surface area contributed by atoms with Gasteiger partial charge in [-0.25, -0.2) is 0 Å². The summed E-state index contributed by atoms with van der Waals surface area (Å²) < 4.78 is 0.111. The van der Waals surface area contributed by atoms with Crippen molar-refractivity contribution in [1.82, 2.24) is 5.32 Å². The van der Waals surface area contributed by atoms with Gasteiger partial charge in [-0.1, -0.05) is 36.9 Å². The number of carbonyl (C=O) groups is 1. The van der Waals surface area contributed by atoms with Crippen LogP contribution >= 0.6 is 11.8 Å². The molecular weight excluding hydrogens is 254 g/mol. The molecule has 0 heterocycles. The molecule has 2 nitrogen and oxygen atoms in total. The van der Waals surface area contributed by atoms with Crippen molar-refractivity contribution in [2.75, 3.05) is 12.3 Å². The van der Waals surface area contributed by atoms with E-state index in [-0.39, 0.29) is 10.7 Å². The van der Waals surface area contributed by atoms with Crippen LogP contribution in [0.3, 0.4) is 0 Å². The van der Waals surface area contributed by atoms with Gasteiger partial charge in [0.25, 0.3) is 0 Å². The molecule has 0 aromatic heterocycles. The predicted octanol–water partition coefficient (Wildman–Crippen LogP) is 3.74. The maximum atomic E-state index is 11.3. The number of thioether (sulfide) groups is 1. The van der Waals surface area contributed by atoms with Gasteiger partial charge in [0.15, 0.2) is 0 Å². The highest BCUT2D eigenvalue weighted by atomic mass is 32.2. The average Bonchev–Trinajstić information content (AvgIpc) is 2.39. The van der Waals surface area contributed by atoms with Crippen LogP contribution in [-0.4, -0.2) is 18.2 Å². The summed E-state index contributed by atoms with van der Waals surface area (Å²) in [5.41, 5.74) is 1.91. The minimum absolute atomic E-state index is 0.0488. The Balaban J connectivity index is 2.29. The summed E-state index contributed by atoms with van der Waals surface area (Å²) in [7, 11) is 0. The molecule has 0 radical (unpaired) electrons. The van der Waals surface area contributed by atoms with E-state index in [1.54, 1.807) is 6.92 Å². The van der Waals surface area contributed by atoms with Gasteiger partial charge in [0.05, 0.1) is 0 Å². The van der Waals surface area contributed by atoms with E-state index in [0.29, 0.717) is 12.1 Å². The maximum Gasteiger partial charge on any atom is 0.246 e. The summed E-state index contributed by atoms with van der Waals surface area (Å²) in [5.74, 6) is 0.977. The molecule has 0 bridgehead atoms. The van der Waals surface area contributed by atoms with Crippen molar-refractivity contribution in [3.8, 4) is 0 Å². The van der Waals surface area contributed by atoms with E-state index in [1.165, 1.54) is 5.56 Å². The lowest BCUT2D eigenvalue weighted by molar-refractivity contribution is -0.117. The highest BCUT2D eigenvalue weighted by Gasteiger charge is 2.20. The fourth-order valence-electron chi connectivity index (χ4n) is 1.68. The zero-order valence-corrected chi connectivity index (χ0v) is 12.8. The van der Waals surface area contributed by atoms with E-state index in [0.717, 1.165) is 12.2 Å². The first-order chi connectivity index (χ1) is 8.93. The van der Waals surface area contributed by atoms with Crippen molar-refractivity contribution in [3.05, 3.63) is 48.0 Å². The molecule has 3 heteroatoms. The Labute approximate surface area is 120 Å². The van der Waals surface area contributed by atoms with Crippen LogP contribution in [0.25, 0.3) is 0 Å². The third kappa shape index (κ3) is 5.52. The first-order valence-electron chi connectivity index (χ1n) is 6.56. The lowest BCUT2D eigenvalue weighted by Gasteiger charge is -2.24. The molecule has 1 amide bonds. The van der Waals surface area contributed by atoms with Crippen molar-refractivity contribution >= 4 is 17.7 Å². The molecule has 104 valence electrons. The Bertz CT molecular complexity index is 426. The number of rotatable bonds is 7. The van der Waals surface area contributed by atoms with E-state index in [2.05, 4.69) is 50.0 Å². The van der Waals surface area contributed by atoms with Crippen molar-refractivity contribution < 1.29 is 4.79 Å². The van der Waals surface area contributed by atoms with Crippen molar-refractivity contribution in [2.45, 2.75) is 31.9 Å². The highest BCUT2D eigenvalue weighted by molar-refractivity contribution is 8.00. The molecule has 0 aliphatic heterocycles. The molecule has 19 heavy (non-hydrogen) atoms. The average molecular weight is 277 g/mol. The Hall–Kier alpha value is -1.22. The number of benzene rings is 1. The molecule has 1 aromatic rings. The van der Waals surface area contributed by atoms with Crippen LogP contribution in [0.2, 0.25) is 0 Å². The first kappa shape index (κ1) is 15.8. The minimum atomic E-state index is -0.0488. The van der Waals surface area contributed by atoms with Gasteiger partial charge in [-0.15, -0.1) is 0 Å². The second kappa shape index (κ2) is 7.39. The lowest BCUT2D eigenvalue weighted by atomic mass is 10.0. The van der Waals surface area contributed by atoms with Gasteiger partial charge in [0.2, 0.25) is 5.91 Å². The smallest absolute Gasteiger partial charge is 0.246 e. The third-order valence-corrected chi connectivity index (χ3v) is 4.38. The fraction of sp³-hybridized carbons (Fsp3) is 0.438. The van der Waals surface area contributed by atoms with Crippen LogP contribution in [0, 0.1) is 0 Å². The zero-order chi connectivity index (χ0) is 14.3. The van der Waals surface area contributed by atoms with E-state index in [9.17, 15) is 4.79 Å². The maximum absolute atomic E-state index is 11.3. The van der Waals surface area contributed by atoms with E-state index >= 15 is 0 Å². The quantitative estimate of drug-likeness (QED) is 0.607. The Morgan fingerprint density at radius 3 is 2.53 bits per heavy atom. The van der Waals surface area contributed by atoms with Gasteiger partial charge in [0.1, 0.15) is 0 Å². The summed E-state index contributed by atoms with van der Waals surface area (Å²) >= 11 is 1.92. The summed E-state index contributed by atoms with van der Waals surface area (Å²) in [6, 6.07) is 10.5. The summed E-state index contributed by atoms with van der Waals surface area (Å²) in [6.45, 7) is 10.5. The molecule has 1 aromatic carbocycles. The van der Waals surface area contributed by atoms with Gasteiger partial charge in [-0.3, -0.25) is 4.79 Å². The van der Waals surface area contributed by atoms with Crippen LogP contribution in [-0.2, 0) is 9.54 Å². The van der Waals surface area contributed by atoms with Gasteiger partial charge >= 0.3 is 0 Å². The Kier molecular flexibility index (Phi) is 6.16. The summed E-state index contributed by atoms with van der Waals surface area (Å²) in [4.78, 5) is 11.3. The topological polar surface area (TPSA) is 29.1 Å². The molecule has 0 spiro atoms.